The number of fused-ring (bicyclic) bond motifs is 1. The van der Waals surface area contributed by atoms with Gasteiger partial charge in [0.2, 0.25) is 5.91 Å². The number of hydrogen-bond acceptors (Lipinski definition) is 5. The maximum atomic E-state index is 13.1. The Morgan fingerprint density at radius 3 is 2.59 bits per heavy atom. The summed E-state index contributed by atoms with van der Waals surface area (Å²) in [6.45, 7) is 1.88. The van der Waals surface area contributed by atoms with Crippen LogP contribution in [-0.4, -0.2) is 21.2 Å². The minimum atomic E-state index is -4.50. The highest BCUT2D eigenvalue weighted by molar-refractivity contribution is 7.99. The Labute approximate surface area is 188 Å². The summed E-state index contributed by atoms with van der Waals surface area (Å²) in [4.78, 5) is 31.6. The molecule has 0 aliphatic rings. The number of thiophene rings is 1. The van der Waals surface area contributed by atoms with Crippen LogP contribution in [0.4, 0.5) is 18.9 Å². The largest absolute Gasteiger partial charge is 0.416 e. The van der Waals surface area contributed by atoms with Crippen molar-refractivity contribution in [3.05, 3.63) is 81.5 Å². The molecule has 32 heavy (non-hydrogen) atoms. The van der Waals surface area contributed by atoms with Crippen LogP contribution < -0.4 is 10.9 Å². The molecule has 0 fully saturated rings. The lowest BCUT2D eigenvalue weighted by molar-refractivity contribution is -0.137. The van der Waals surface area contributed by atoms with E-state index < -0.39 is 17.6 Å². The van der Waals surface area contributed by atoms with Gasteiger partial charge in [0.05, 0.1) is 22.4 Å². The molecule has 10 heteroatoms. The zero-order valence-electron chi connectivity index (χ0n) is 16.6. The minimum absolute atomic E-state index is 0.0446. The normalized spacial score (nSPS) is 11.6. The van der Waals surface area contributed by atoms with Gasteiger partial charge in [0.1, 0.15) is 4.83 Å². The second-order valence-electron chi connectivity index (χ2n) is 6.86. The van der Waals surface area contributed by atoms with Crippen molar-refractivity contribution in [1.29, 1.82) is 0 Å². The number of halogens is 3. The molecular weight excluding hydrogens is 459 g/mol. The molecule has 2 heterocycles. The van der Waals surface area contributed by atoms with Gasteiger partial charge in [-0.15, -0.1) is 11.3 Å². The molecule has 2 aromatic carbocycles. The summed E-state index contributed by atoms with van der Waals surface area (Å²) in [6, 6.07) is 15.1. The molecular formula is C22H16F3N3O2S2. The number of thioether (sulfide) groups is 1. The summed E-state index contributed by atoms with van der Waals surface area (Å²) < 4.78 is 40.1. The van der Waals surface area contributed by atoms with Crippen molar-refractivity contribution in [2.45, 2.75) is 18.3 Å². The van der Waals surface area contributed by atoms with Crippen LogP contribution >= 0.6 is 23.1 Å². The maximum Gasteiger partial charge on any atom is 0.416 e. The Morgan fingerprint density at radius 2 is 1.88 bits per heavy atom. The van der Waals surface area contributed by atoms with Gasteiger partial charge in [-0.25, -0.2) is 4.98 Å². The van der Waals surface area contributed by atoms with Crippen molar-refractivity contribution in [1.82, 2.24) is 9.55 Å². The minimum Gasteiger partial charge on any atom is -0.325 e. The Hall–Kier alpha value is -3.11. The Morgan fingerprint density at radius 1 is 1.12 bits per heavy atom. The standard InChI is InChI=1S/C22H16F3N3O2S2/c1-13-10-17-19(32-13)27-21(28(20(17)30)16-8-3-2-4-9-16)31-12-18(29)26-15-7-5-6-14(11-15)22(23,24)25/h2-11H,12H2,1H3,(H,26,29). The van der Waals surface area contributed by atoms with E-state index in [0.717, 1.165) is 28.8 Å². The number of amides is 1. The Kier molecular flexibility index (Phi) is 6.07. The highest BCUT2D eigenvalue weighted by Gasteiger charge is 2.30. The van der Waals surface area contributed by atoms with Crippen molar-refractivity contribution in [3.8, 4) is 5.69 Å². The number of alkyl halides is 3. The Balaban J connectivity index is 1.60. The average molecular weight is 476 g/mol. The molecule has 0 radical (unpaired) electrons. The number of anilines is 1. The van der Waals surface area contributed by atoms with Crippen LogP contribution in [0.2, 0.25) is 0 Å². The summed E-state index contributed by atoms with van der Waals surface area (Å²) >= 11 is 2.42. The third-order valence-electron chi connectivity index (χ3n) is 4.48. The predicted molar refractivity (Wildman–Crippen MR) is 121 cm³/mol. The first-order chi connectivity index (χ1) is 15.2. The van der Waals surface area contributed by atoms with Gasteiger partial charge in [0, 0.05) is 10.6 Å². The smallest absolute Gasteiger partial charge is 0.325 e. The number of nitrogens with one attached hydrogen (secondary N) is 1. The average Bonchev–Trinajstić information content (AvgIpc) is 3.13. The summed E-state index contributed by atoms with van der Waals surface area (Å²) in [7, 11) is 0. The molecule has 1 amide bonds. The summed E-state index contributed by atoms with van der Waals surface area (Å²) in [6.07, 6.45) is -4.50. The van der Waals surface area contributed by atoms with E-state index in [9.17, 15) is 22.8 Å². The fourth-order valence-corrected chi connectivity index (χ4v) is 4.82. The van der Waals surface area contributed by atoms with E-state index in [1.54, 1.807) is 30.3 Å². The number of nitrogens with zero attached hydrogens (tertiary/aromatic N) is 2. The molecule has 5 nitrogen and oxygen atoms in total. The van der Waals surface area contributed by atoms with E-state index in [1.165, 1.54) is 28.0 Å². The van der Waals surface area contributed by atoms with E-state index in [1.807, 2.05) is 13.0 Å². The molecule has 4 rings (SSSR count). The molecule has 0 unspecified atom stereocenters. The number of carbonyl (C=O) groups excluding carboxylic acids is 1. The highest BCUT2D eigenvalue weighted by Crippen LogP contribution is 2.31. The summed E-state index contributed by atoms with van der Waals surface area (Å²) in [5, 5.41) is 3.29. The zero-order valence-corrected chi connectivity index (χ0v) is 18.3. The second-order valence-corrected chi connectivity index (χ2v) is 9.04. The molecule has 2 aromatic heterocycles. The van der Waals surface area contributed by atoms with E-state index >= 15 is 0 Å². The molecule has 0 bridgehead atoms. The Bertz CT molecular complexity index is 1350. The van der Waals surface area contributed by atoms with Crippen molar-refractivity contribution in [2.24, 2.45) is 0 Å². The summed E-state index contributed by atoms with van der Waals surface area (Å²) in [5.74, 6) is -0.642. The molecule has 0 atom stereocenters. The van der Waals surface area contributed by atoms with Gasteiger partial charge in [-0.1, -0.05) is 36.0 Å². The molecule has 0 aliphatic carbocycles. The van der Waals surface area contributed by atoms with Crippen LogP contribution in [0.3, 0.4) is 0 Å². The SMILES string of the molecule is Cc1cc2c(=O)n(-c3ccccc3)c(SCC(=O)Nc3cccc(C(F)(F)F)c3)nc2s1. The van der Waals surface area contributed by atoms with Gasteiger partial charge >= 0.3 is 6.18 Å². The second kappa shape index (κ2) is 8.79. The van der Waals surface area contributed by atoms with Crippen molar-refractivity contribution in [2.75, 3.05) is 11.1 Å². The number of para-hydroxylation sites is 1. The molecule has 164 valence electrons. The summed E-state index contributed by atoms with van der Waals surface area (Å²) in [5.41, 5.74) is -0.438. The van der Waals surface area contributed by atoms with Crippen LogP contribution in [-0.2, 0) is 11.0 Å². The number of benzene rings is 2. The van der Waals surface area contributed by atoms with E-state index in [4.69, 9.17) is 0 Å². The fraction of sp³-hybridized carbons (Fsp3) is 0.136. The van der Waals surface area contributed by atoms with Gasteiger partial charge in [-0.05, 0) is 43.3 Å². The molecule has 1 N–H and O–H groups in total. The fourth-order valence-electron chi connectivity index (χ4n) is 3.08. The predicted octanol–water partition coefficient (Wildman–Crippen LogP) is 5.51. The van der Waals surface area contributed by atoms with Crippen LogP contribution in [0.25, 0.3) is 15.9 Å². The lowest BCUT2D eigenvalue weighted by Crippen LogP contribution is -2.22. The lowest BCUT2D eigenvalue weighted by atomic mass is 10.2. The van der Waals surface area contributed by atoms with Crippen LogP contribution in [0, 0.1) is 6.92 Å². The van der Waals surface area contributed by atoms with E-state index in [2.05, 4.69) is 10.3 Å². The van der Waals surface area contributed by atoms with Gasteiger partial charge < -0.3 is 5.32 Å². The third-order valence-corrected chi connectivity index (χ3v) is 6.36. The first-order valence-corrected chi connectivity index (χ1v) is 11.2. The van der Waals surface area contributed by atoms with Crippen LogP contribution in [0.1, 0.15) is 10.4 Å². The number of aryl methyl sites for hydroxylation is 1. The van der Waals surface area contributed by atoms with Crippen LogP contribution in [0.5, 0.6) is 0 Å². The third kappa shape index (κ3) is 4.71. The number of aromatic nitrogens is 2. The molecule has 0 saturated heterocycles. The number of hydrogen-bond donors (Lipinski definition) is 1. The first kappa shape index (κ1) is 22.1. The van der Waals surface area contributed by atoms with Crippen molar-refractivity contribution < 1.29 is 18.0 Å². The van der Waals surface area contributed by atoms with Gasteiger partial charge in [-0.3, -0.25) is 14.2 Å². The quantitative estimate of drug-likeness (QED) is 0.306. The van der Waals surface area contributed by atoms with Gasteiger partial charge in [-0.2, -0.15) is 13.2 Å². The van der Waals surface area contributed by atoms with Gasteiger partial charge in [0.15, 0.2) is 5.16 Å². The van der Waals surface area contributed by atoms with Crippen LogP contribution in [0.15, 0.2) is 70.6 Å². The zero-order chi connectivity index (χ0) is 22.9. The number of rotatable bonds is 5. The molecule has 4 aromatic rings. The van der Waals surface area contributed by atoms with E-state index in [-0.39, 0.29) is 17.0 Å². The van der Waals surface area contributed by atoms with Crippen molar-refractivity contribution in [3.63, 3.8) is 0 Å². The van der Waals surface area contributed by atoms with Gasteiger partial charge in [0.25, 0.3) is 5.56 Å². The molecule has 0 aliphatic heterocycles. The monoisotopic (exact) mass is 475 g/mol. The van der Waals surface area contributed by atoms with E-state index in [0.29, 0.717) is 21.1 Å². The maximum absolute atomic E-state index is 13.1. The van der Waals surface area contributed by atoms with Crippen molar-refractivity contribution >= 4 is 44.9 Å². The first-order valence-electron chi connectivity index (χ1n) is 9.41. The molecule has 0 saturated carbocycles. The molecule has 0 spiro atoms. The topological polar surface area (TPSA) is 64.0 Å². The highest BCUT2D eigenvalue weighted by atomic mass is 32.2. The lowest BCUT2D eigenvalue weighted by Gasteiger charge is -2.12. The number of carbonyl (C=O) groups is 1.